The highest BCUT2D eigenvalue weighted by atomic mass is 16.3. The highest BCUT2D eigenvalue weighted by Gasteiger charge is 2.10. The van der Waals surface area contributed by atoms with E-state index >= 15 is 0 Å². The van der Waals surface area contributed by atoms with Crippen LogP contribution in [0.25, 0.3) is 0 Å². The van der Waals surface area contributed by atoms with Gasteiger partial charge in [0.1, 0.15) is 0 Å². The van der Waals surface area contributed by atoms with Crippen LogP contribution < -0.4 is 10.2 Å². The molecule has 2 heterocycles. The number of aromatic nitrogens is 2. The second kappa shape index (κ2) is 6.05. The van der Waals surface area contributed by atoms with Crippen molar-refractivity contribution in [1.29, 1.82) is 0 Å². The van der Waals surface area contributed by atoms with E-state index in [1.807, 2.05) is 30.4 Å². The van der Waals surface area contributed by atoms with Gasteiger partial charge in [-0.2, -0.15) is 0 Å². The standard InChI is InChI=1S/C15H22N4O/c1-15(2,3)18-9-13-7-16-14(17-8-13)19(4)10-12-5-6-20-11-12/h5-8,11,18H,9-10H2,1-4H3. The van der Waals surface area contributed by atoms with Crippen LogP contribution in [-0.4, -0.2) is 22.6 Å². The second-order valence-electron chi connectivity index (χ2n) is 5.98. The van der Waals surface area contributed by atoms with Gasteiger partial charge in [-0.05, 0) is 26.8 Å². The fourth-order valence-electron chi connectivity index (χ4n) is 1.73. The fraction of sp³-hybridized carbons (Fsp3) is 0.467. The van der Waals surface area contributed by atoms with E-state index in [9.17, 15) is 0 Å². The summed E-state index contributed by atoms with van der Waals surface area (Å²) in [6.45, 7) is 7.92. The molecule has 0 radical (unpaired) electrons. The lowest BCUT2D eigenvalue weighted by Gasteiger charge is -2.20. The summed E-state index contributed by atoms with van der Waals surface area (Å²) in [4.78, 5) is 10.8. The van der Waals surface area contributed by atoms with E-state index in [4.69, 9.17) is 4.42 Å². The molecule has 0 saturated heterocycles. The largest absolute Gasteiger partial charge is 0.472 e. The van der Waals surface area contributed by atoms with Gasteiger partial charge in [0.25, 0.3) is 0 Å². The third kappa shape index (κ3) is 4.35. The van der Waals surface area contributed by atoms with Crippen molar-refractivity contribution in [2.45, 2.75) is 39.4 Å². The molecule has 0 bridgehead atoms. The maximum Gasteiger partial charge on any atom is 0.225 e. The summed E-state index contributed by atoms with van der Waals surface area (Å²) < 4.78 is 5.06. The van der Waals surface area contributed by atoms with Crippen LogP contribution in [0.5, 0.6) is 0 Å². The molecule has 0 spiro atoms. The van der Waals surface area contributed by atoms with Crippen molar-refractivity contribution in [3.63, 3.8) is 0 Å². The Hall–Kier alpha value is -1.88. The Kier molecular flexibility index (Phi) is 4.39. The van der Waals surface area contributed by atoms with E-state index in [0.29, 0.717) is 5.95 Å². The maximum atomic E-state index is 5.06. The van der Waals surface area contributed by atoms with Gasteiger partial charge in [0.15, 0.2) is 0 Å². The van der Waals surface area contributed by atoms with Gasteiger partial charge in [-0.3, -0.25) is 0 Å². The lowest BCUT2D eigenvalue weighted by Crippen LogP contribution is -2.35. The smallest absolute Gasteiger partial charge is 0.225 e. The van der Waals surface area contributed by atoms with Crippen molar-refractivity contribution < 1.29 is 4.42 Å². The maximum absolute atomic E-state index is 5.06. The van der Waals surface area contributed by atoms with Crippen LogP contribution >= 0.6 is 0 Å². The van der Waals surface area contributed by atoms with Crippen LogP contribution in [0.2, 0.25) is 0 Å². The molecule has 2 aromatic heterocycles. The molecule has 0 aliphatic rings. The van der Waals surface area contributed by atoms with Gasteiger partial charge in [-0.25, -0.2) is 9.97 Å². The van der Waals surface area contributed by atoms with Crippen LogP contribution in [0, 0.1) is 0 Å². The molecule has 0 aromatic carbocycles. The minimum absolute atomic E-state index is 0.0940. The number of rotatable bonds is 5. The molecule has 5 nitrogen and oxygen atoms in total. The van der Waals surface area contributed by atoms with E-state index < -0.39 is 0 Å². The van der Waals surface area contributed by atoms with Crippen molar-refractivity contribution in [3.05, 3.63) is 42.1 Å². The summed E-state index contributed by atoms with van der Waals surface area (Å²) in [7, 11) is 1.97. The van der Waals surface area contributed by atoms with Crippen LogP contribution in [0.1, 0.15) is 31.9 Å². The van der Waals surface area contributed by atoms with Crippen molar-refractivity contribution in [2.75, 3.05) is 11.9 Å². The quantitative estimate of drug-likeness (QED) is 0.908. The Morgan fingerprint density at radius 2 is 1.90 bits per heavy atom. The van der Waals surface area contributed by atoms with Crippen LogP contribution in [0.15, 0.2) is 35.4 Å². The van der Waals surface area contributed by atoms with Crippen LogP contribution in [0.4, 0.5) is 5.95 Å². The summed E-state index contributed by atoms with van der Waals surface area (Å²) in [5.41, 5.74) is 2.28. The molecule has 1 N–H and O–H groups in total. The Morgan fingerprint density at radius 1 is 1.20 bits per heavy atom. The minimum Gasteiger partial charge on any atom is -0.472 e. The van der Waals surface area contributed by atoms with Gasteiger partial charge in [0.2, 0.25) is 5.95 Å². The average molecular weight is 274 g/mol. The first-order valence-electron chi connectivity index (χ1n) is 6.72. The highest BCUT2D eigenvalue weighted by Crippen LogP contribution is 2.11. The normalized spacial score (nSPS) is 11.6. The number of furan rings is 1. The zero-order valence-corrected chi connectivity index (χ0v) is 12.6. The van der Waals surface area contributed by atoms with Gasteiger partial charge in [-0.1, -0.05) is 0 Å². The lowest BCUT2D eigenvalue weighted by atomic mass is 10.1. The predicted octanol–water partition coefficient (Wildman–Crippen LogP) is 2.59. The summed E-state index contributed by atoms with van der Waals surface area (Å²) in [6.07, 6.45) is 7.14. The molecule has 2 aromatic rings. The monoisotopic (exact) mass is 274 g/mol. The highest BCUT2D eigenvalue weighted by molar-refractivity contribution is 5.30. The van der Waals surface area contributed by atoms with E-state index in [1.165, 1.54) is 0 Å². The van der Waals surface area contributed by atoms with Crippen molar-refractivity contribution >= 4 is 5.95 Å². The summed E-state index contributed by atoms with van der Waals surface area (Å²) >= 11 is 0. The first kappa shape index (κ1) is 14.5. The fourth-order valence-corrected chi connectivity index (χ4v) is 1.73. The lowest BCUT2D eigenvalue weighted by molar-refractivity contribution is 0.423. The van der Waals surface area contributed by atoms with Crippen molar-refractivity contribution in [1.82, 2.24) is 15.3 Å². The molecule has 108 valence electrons. The molecule has 0 aliphatic heterocycles. The number of hydrogen-bond donors (Lipinski definition) is 1. The topological polar surface area (TPSA) is 54.2 Å². The minimum atomic E-state index is 0.0940. The SMILES string of the molecule is CN(Cc1ccoc1)c1ncc(CNC(C)(C)C)cn1. The van der Waals surface area contributed by atoms with Crippen molar-refractivity contribution in [2.24, 2.45) is 0 Å². The molecule has 2 rings (SSSR count). The number of nitrogens with one attached hydrogen (secondary N) is 1. The number of anilines is 1. The molecule has 0 aliphatic carbocycles. The van der Waals surface area contributed by atoms with E-state index in [1.54, 1.807) is 12.5 Å². The molecule has 0 fully saturated rings. The Balaban J connectivity index is 1.93. The first-order chi connectivity index (χ1) is 9.44. The van der Waals surface area contributed by atoms with Gasteiger partial charge < -0.3 is 14.6 Å². The average Bonchev–Trinajstić information content (AvgIpc) is 2.89. The molecular weight excluding hydrogens is 252 g/mol. The van der Waals surface area contributed by atoms with E-state index in [0.717, 1.165) is 24.2 Å². The number of nitrogens with zero attached hydrogens (tertiary/aromatic N) is 3. The third-order valence-electron chi connectivity index (χ3n) is 2.86. The second-order valence-corrected chi connectivity index (χ2v) is 5.98. The van der Waals surface area contributed by atoms with E-state index in [2.05, 4.69) is 36.1 Å². The van der Waals surface area contributed by atoms with Gasteiger partial charge in [0, 0.05) is 49.2 Å². The first-order valence-corrected chi connectivity index (χ1v) is 6.72. The van der Waals surface area contributed by atoms with Gasteiger partial charge >= 0.3 is 0 Å². The van der Waals surface area contributed by atoms with E-state index in [-0.39, 0.29) is 5.54 Å². The van der Waals surface area contributed by atoms with Crippen molar-refractivity contribution in [3.8, 4) is 0 Å². The van der Waals surface area contributed by atoms with Crippen LogP contribution in [0.3, 0.4) is 0 Å². The molecular formula is C15H22N4O. The summed E-state index contributed by atoms with van der Waals surface area (Å²) in [6, 6.07) is 1.94. The molecule has 0 amide bonds. The number of hydrogen-bond acceptors (Lipinski definition) is 5. The molecule has 0 atom stereocenters. The molecule has 5 heteroatoms. The Bertz CT molecular complexity index is 514. The molecule has 20 heavy (non-hydrogen) atoms. The summed E-state index contributed by atoms with van der Waals surface area (Å²) in [5, 5.41) is 3.42. The summed E-state index contributed by atoms with van der Waals surface area (Å²) in [5.74, 6) is 0.714. The zero-order valence-electron chi connectivity index (χ0n) is 12.6. The van der Waals surface area contributed by atoms with Gasteiger partial charge in [-0.15, -0.1) is 0 Å². The Labute approximate surface area is 120 Å². The van der Waals surface area contributed by atoms with Crippen LogP contribution in [-0.2, 0) is 13.1 Å². The zero-order chi connectivity index (χ0) is 14.6. The predicted molar refractivity (Wildman–Crippen MR) is 79.4 cm³/mol. The molecule has 0 unspecified atom stereocenters. The van der Waals surface area contributed by atoms with Gasteiger partial charge in [0.05, 0.1) is 12.5 Å². The Morgan fingerprint density at radius 3 is 2.45 bits per heavy atom. The third-order valence-corrected chi connectivity index (χ3v) is 2.86. The molecule has 0 saturated carbocycles.